The number of likely N-dealkylation sites (tertiary alicyclic amines) is 1. The van der Waals surface area contributed by atoms with Crippen LogP contribution < -0.4 is 15.4 Å². The van der Waals surface area contributed by atoms with E-state index in [9.17, 15) is 9.59 Å². The molecule has 0 aliphatic carbocycles. The van der Waals surface area contributed by atoms with E-state index >= 15 is 0 Å². The van der Waals surface area contributed by atoms with E-state index in [2.05, 4.69) is 88.8 Å². The third-order valence-corrected chi connectivity index (χ3v) is 6.72. The average molecular weight is 514 g/mol. The molecule has 0 radical (unpaired) electrons. The highest BCUT2D eigenvalue weighted by Gasteiger charge is 2.47. The quantitative estimate of drug-likeness (QED) is 0.397. The van der Waals surface area contributed by atoms with Gasteiger partial charge in [-0.25, -0.2) is 0 Å². The minimum Gasteiger partial charge on any atom is -0.484 e. The van der Waals surface area contributed by atoms with E-state index in [-0.39, 0.29) is 29.2 Å². The SMILES string of the molecule is C/C=C1\N(C)C(C)CC1(c1ccccc1)c1cccc(OCC(=O)NCCNC(=O)CBr)c1. The van der Waals surface area contributed by atoms with Gasteiger partial charge in [-0.05, 0) is 43.5 Å². The molecule has 0 aromatic heterocycles. The number of amides is 2. The number of nitrogens with one attached hydrogen (secondary N) is 2. The van der Waals surface area contributed by atoms with Crippen LogP contribution in [-0.4, -0.2) is 54.8 Å². The summed E-state index contributed by atoms with van der Waals surface area (Å²) < 4.78 is 5.83. The lowest BCUT2D eigenvalue weighted by molar-refractivity contribution is -0.123. The second-order valence-electron chi connectivity index (χ2n) is 8.26. The van der Waals surface area contributed by atoms with Crippen molar-refractivity contribution < 1.29 is 14.3 Å². The normalized spacial score (nSPS) is 21.2. The van der Waals surface area contributed by atoms with Gasteiger partial charge >= 0.3 is 0 Å². The van der Waals surface area contributed by atoms with Crippen LogP contribution in [0.3, 0.4) is 0 Å². The van der Waals surface area contributed by atoms with E-state index in [1.807, 2.05) is 24.3 Å². The first-order chi connectivity index (χ1) is 15.9. The zero-order valence-corrected chi connectivity index (χ0v) is 21.0. The predicted molar refractivity (Wildman–Crippen MR) is 135 cm³/mol. The third kappa shape index (κ3) is 5.58. The van der Waals surface area contributed by atoms with Gasteiger partial charge in [0, 0.05) is 31.9 Å². The van der Waals surface area contributed by atoms with Gasteiger partial charge in [0.15, 0.2) is 6.61 Å². The van der Waals surface area contributed by atoms with E-state index in [0.29, 0.717) is 24.9 Å². The Balaban J connectivity index is 1.76. The molecule has 0 spiro atoms. The molecule has 6 nitrogen and oxygen atoms in total. The third-order valence-electron chi connectivity index (χ3n) is 6.21. The number of benzene rings is 2. The molecule has 1 heterocycles. The number of nitrogens with zero attached hydrogens (tertiary/aromatic N) is 1. The van der Waals surface area contributed by atoms with Crippen LogP contribution >= 0.6 is 15.9 Å². The van der Waals surface area contributed by atoms with E-state index < -0.39 is 0 Å². The summed E-state index contributed by atoms with van der Waals surface area (Å²) in [5, 5.41) is 5.68. The van der Waals surface area contributed by atoms with Gasteiger partial charge in [-0.3, -0.25) is 9.59 Å². The molecule has 1 aliphatic heterocycles. The maximum absolute atomic E-state index is 12.2. The van der Waals surface area contributed by atoms with Crippen LogP contribution in [0, 0.1) is 0 Å². The molecule has 0 bridgehead atoms. The summed E-state index contributed by atoms with van der Waals surface area (Å²) in [5.41, 5.74) is 3.38. The number of rotatable bonds is 9. The summed E-state index contributed by atoms with van der Waals surface area (Å²) in [5.74, 6) is 0.315. The summed E-state index contributed by atoms with van der Waals surface area (Å²) in [6, 6.07) is 19.0. The van der Waals surface area contributed by atoms with E-state index in [1.165, 1.54) is 11.3 Å². The molecular formula is C26H32BrN3O3. The van der Waals surface area contributed by atoms with Crippen molar-refractivity contribution in [3.63, 3.8) is 0 Å². The highest BCUT2D eigenvalue weighted by Crippen LogP contribution is 2.50. The van der Waals surface area contributed by atoms with Crippen LogP contribution in [0.5, 0.6) is 5.75 Å². The summed E-state index contributed by atoms with van der Waals surface area (Å²) in [6.45, 7) is 4.99. The first kappa shape index (κ1) is 24.8. The fourth-order valence-corrected chi connectivity index (χ4v) is 4.79. The lowest BCUT2D eigenvalue weighted by Crippen LogP contribution is -2.37. The van der Waals surface area contributed by atoms with Crippen LogP contribution in [0.4, 0.5) is 0 Å². The molecule has 2 aromatic rings. The standard InChI is InChI=1S/C26H32BrN3O3/c1-4-23-26(16-19(2)30(23)3,20-9-6-5-7-10-20)21-11-8-12-22(15-21)33-18-25(32)29-14-13-28-24(31)17-27/h4-12,15,19H,13-14,16-18H2,1-3H3,(H,28,31)(H,29,32)/b23-4-. The number of halogens is 1. The van der Waals surface area contributed by atoms with Crippen LogP contribution in [0.2, 0.25) is 0 Å². The van der Waals surface area contributed by atoms with Gasteiger partial charge in [-0.15, -0.1) is 0 Å². The topological polar surface area (TPSA) is 70.7 Å². The smallest absolute Gasteiger partial charge is 0.258 e. The van der Waals surface area contributed by atoms with E-state index in [1.54, 1.807) is 0 Å². The van der Waals surface area contributed by atoms with Crippen LogP contribution in [0.1, 0.15) is 31.4 Å². The molecule has 1 aliphatic rings. The van der Waals surface area contributed by atoms with Gasteiger partial charge in [-0.2, -0.15) is 0 Å². The Hall–Kier alpha value is -2.80. The molecule has 0 saturated carbocycles. The fourth-order valence-electron chi connectivity index (χ4n) is 4.60. The van der Waals surface area contributed by atoms with Crippen LogP contribution in [0.15, 0.2) is 66.4 Å². The largest absolute Gasteiger partial charge is 0.484 e. The maximum atomic E-state index is 12.2. The van der Waals surface area contributed by atoms with Gasteiger partial charge < -0.3 is 20.3 Å². The lowest BCUT2D eigenvalue weighted by Gasteiger charge is -2.33. The van der Waals surface area contributed by atoms with Crippen LogP contribution in [-0.2, 0) is 15.0 Å². The first-order valence-electron chi connectivity index (χ1n) is 11.2. The number of hydrogen-bond acceptors (Lipinski definition) is 4. The van der Waals surface area contributed by atoms with Crippen molar-refractivity contribution in [3.8, 4) is 5.75 Å². The van der Waals surface area contributed by atoms with Gasteiger partial charge in [0.1, 0.15) is 5.75 Å². The second kappa shape index (κ2) is 11.4. The highest BCUT2D eigenvalue weighted by atomic mass is 79.9. The molecule has 176 valence electrons. The molecule has 2 atom stereocenters. The molecule has 2 amide bonds. The van der Waals surface area contributed by atoms with Crippen molar-refractivity contribution in [2.45, 2.75) is 31.7 Å². The van der Waals surface area contributed by atoms with Crippen molar-refractivity contribution >= 4 is 27.7 Å². The molecule has 2 unspecified atom stereocenters. The van der Waals surface area contributed by atoms with Gasteiger partial charge in [0.2, 0.25) is 5.91 Å². The van der Waals surface area contributed by atoms with Crippen molar-refractivity contribution in [2.75, 3.05) is 32.1 Å². The molecule has 3 rings (SSSR count). The molecule has 2 N–H and O–H groups in total. The lowest BCUT2D eigenvalue weighted by atomic mass is 9.70. The Labute approximate surface area is 204 Å². The van der Waals surface area contributed by atoms with Gasteiger partial charge in [0.05, 0.1) is 10.7 Å². The Morgan fingerprint density at radius 1 is 1.09 bits per heavy atom. The van der Waals surface area contributed by atoms with Gasteiger partial charge in [-0.1, -0.05) is 64.5 Å². The number of hydrogen-bond donors (Lipinski definition) is 2. The number of carbonyl (C=O) groups excluding carboxylic acids is 2. The number of allylic oxidation sites excluding steroid dienone is 2. The number of carbonyl (C=O) groups is 2. The molecule has 33 heavy (non-hydrogen) atoms. The van der Waals surface area contributed by atoms with Crippen molar-refractivity contribution in [3.05, 3.63) is 77.5 Å². The Morgan fingerprint density at radius 3 is 2.42 bits per heavy atom. The summed E-state index contributed by atoms with van der Waals surface area (Å²) in [6.07, 6.45) is 3.16. The second-order valence-corrected chi connectivity index (χ2v) is 8.82. The van der Waals surface area contributed by atoms with Crippen molar-refractivity contribution in [1.82, 2.24) is 15.5 Å². The molecule has 1 saturated heterocycles. The highest BCUT2D eigenvalue weighted by molar-refractivity contribution is 9.09. The zero-order chi connectivity index (χ0) is 23.8. The number of ether oxygens (including phenoxy) is 1. The zero-order valence-electron chi connectivity index (χ0n) is 19.4. The minimum absolute atomic E-state index is 0.0824. The van der Waals surface area contributed by atoms with Crippen molar-refractivity contribution in [1.29, 1.82) is 0 Å². The predicted octanol–water partition coefficient (Wildman–Crippen LogP) is 3.61. The number of likely N-dealkylation sites (N-methyl/N-ethyl adjacent to an activating group) is 1. The molecule has 1 fully saturated rings. The van der Waals surface area contributed by atoms with E-state index in [4.69, 9.17) is 4.74 Å². The first-order valence-corrected chi connectivity index (χ1v) is 12.3. The minimum atomic E-state index is -0.278. The molecule has 7 heteroatoms. The Morgan fingerprint density at radius 2 is 1.76 bits per heavy atom. The molecular weight excluding hydrogens is 482 g/mol. The summed E-state index contributed by atoms with van der Waals surface area (Å²) in [4.78, 5) is 25.7. The summed E-state index contributed by atoms with van der Waals surface area (Å²) >= 11 is 3.08. The van der Waals surface area contributed by atoms with Crippen molar-refractivity contribution in [2.24, 2.45) is 0 Å². The molecule has 2 aromatic carbocycles. The van der Waals surface area contributed by atoms with E-state index in [0.717, 1.165) is 12.0 Å². The van der Waals surface area contributed by atoms with Gasteiger partial charge in [0.25, 0.3) is 5.91 Å². The fraction of sp³-hybridized carbons (Fsp3) is 0.385. The Bertz CT molecular complexity index is 995. The Kier molecular flexibility index (Phi) is 8.55. The average Bonchev–Trinajstić information content (AvgIpc) is 3.11. The number of alkyl halides is 1. The van der Waals surface area contributed by atoms with Crippen LogP contribution in [0.25, 0.3) is 0 Å². The maximum Gasteiger partial charge on any atom is 0.258 e. The monoisotopic (exact) mass is 513 g/mol. The summed E-state index contributed by atoms with van der Waals surface area (Å²) in [7, 11) is 2.15.